The third kappa shape index (κ3) is 6.87. The van der Waals surface area contributed by atoms with Crippen LogP contribution in [0.5, 0.6) is 5.75 Å². The molecule has 4 heterocycles. The number of fused-ring (bicyclic) bond motifs is 3. The molecule has 1 fully saturated rings. The van der Waals surface area contributed by atoms with Crippen LogP contribution in [0.1, 0.15) is 46.6 Å². The summed E-state index contributed by atoms with van der Waals surface area (Å²) in [6.45, 7) is 6.75. The maximum Gasteiger partial charge on any atom is 0.407 e. The molecule has 17 heteroatoms. The van der Waals surface area contributed by atoms with E-state index in [0.29, 0.717) is 16.6 Å². The number of nitrogens with zero attached hydrogens (tertiary/aromatic N) is 6. The van der Waals surface area contributed by atoms with Crippen molar-refractivity contribution in [3.05, 3.63) is 83.4 Å². The van der Waals surface area contributed by atoms with Gasteiger partial charge in [0.2, 0.25) is 5.95 Å². The normalized spacial score (nSPS) is 18.3. The molecule has 0 bridgehead atoms. The lowest BCUT2D eigenvalue weighted by Crippen LogP contribution is -2.44. The zero-order chi connectivity index (χ0) is 39.6. The number of carbonyl (C=O) groups excluding carboxylic acids is 1. The van der Waals surface area contributed by atoms with E-state index in [4.69, 9.17) is 9.47 Å². The number of aryl methyl sites for hydroxylation is 2. The van der Waals surface area contributed by atoms with E-state index in [1.165, 1.54) is 53.0 Å². The summed E-state index contributed by atoms with van der Waals surface area (Å²) >= 11 is 0. The van der Waals surface area contributed by atoms with Crippen molar-refractivity contribution in [3.63, 3.8) is 0 Å². The Morgan fingerprint density at radius 3 is 2.40 bits per heavy atom. The lowest BCUT2D eigenvalue weighted by atomic mass is 9.99. The summed E-state index contributed by atoms with van der Waals surface area (Å²) < 4.78 is 62.3. The van der Waals surface area contributed by atoms with Crippen LogP contribution in [0.4, 0.5) is 9.18 Å². The number of amides is 1. The number of phenolic OH excluding ortho intramolecular Hbond substituents is 1. The molecule has 1 saturated carbocycles. The number of aliphatic hydroxyl groups excluding tert-OH is 1. The second-order valence-electron chi connectivity index (χ2n) is 14.9. The van der Waals surface area contributed by atoms with Crippen LogP contribution in [0.15, 0.2) is 76.7 Å². The Morgan fingerprint density at radius 1 is 1.09 bits per heavy atom. The number of ether oxygens (including phenoxy) is 2. The van der Waals surface area contributed by atoms with Crippen molar-refractivity contribution in [1.29, 1.82) is 0 Å². The molecule has 1 amide bonds. The molecular formula is C38H42FN7O8S. The van der Waals surface area contributed by atoms with Crippen LogP contribution < -0.4 is 11.0 Å². The lowest BCUT2D eigenvalue weighted by Gasteiger charge is -2.25. The molecule has 1 aliphatic rings. The number of imidazole rings is 1. The van der Waals surface area contributed by atoms with Gasteiger partial charge in [0.15, 0.2) is 5.65 Å². The number of aromatic hydroxyl groups is 1. The van der Waals surface area contributed by atoms with Gasteiger partial charge in [0.05, 0.1) is 63.6 Å². The van der Waals surface area contributed by atoms with Gasteiger partial charge in [0.1, 0.15) is 11.4 Å². The average molecular weight is 776 g/mol. The molecule has 1 aliphatic carbocycles. The van der Waals surface area contributed by atoms with Gasteiger partial charge in [-0.15, -0.1) is 5.10 Å². The number of pyridine rings is 1. The van der Waals surface area contributed by atoms with Crippen molar-refractivity contribution in [1.82, 2.24) is 33.2 Å². The van der Waals surface area contributed by atoms with Crippen LogP contribution in [0.2, 0.25) is 0 Å². The van der Waals surface area contributed by atoms with Gasteiger partial charge in [0, 0.05) is 31.9 Å². The molecule has 0 radical (unpaired) electrons. The van der Waals surface area contributed by atoms with Gasteiger partial charge in [-0.3, -0.25) is 13.8 Å². The third-order valence-corrected chi connectivity index (χ3v) is 11.3. The highest BCUT2D eigenvalue weighted by Crippen LogP contribution is 2.46. The second kappa shape index (κ2) is 14.0. The monoisotopic (exact) mass is 775 g/mol. The van der Waals surface area contributed by atoms with E-state index in [2.05, 4.69) is 15.4 Å². The van der Waals surface area contributed by atoms with Crippen molar-refractivity contribution in [2.75, 3.05) is 6.61 Å². The Bertz CT molecular complexity index is 2590. The highest BCUT2D eigenvalue weighted by atomic mass is 32.2. The van der Waals surface area contributed by atoms with Crippen molar-refractivity contribution >= 4 is 38.2 Å². The maximum absolute atomic E-state index is 15.9. The Balaban J connectivity index is 1.55. The second-order valence-corrected chi connectivity index (χ2v) is 16.6. The molecule has 2 aromatic carbocycles. The van der Waals surface area contributed by atoms with E-state index in [-0.39, 0.29) is 57.9 Å². The summed E-state index contributed by atoms with van der Waals surface area (Å²) in [5, 5.41) is 27.4. The molecule has 0 aliphatic heterocycles. The topological polar surface area (TPSA) is 185 Å². The maximum atomic E-state index is 15.9. The fourth-order valence-corrected chi connectivity index (χ4v) is 8.84. The summed E-state index contributed by atoms with van der Waals surface area (Å²) in [6.07, 6.45) is 1.06. The molecule has 290 valence electrons. The molecule has 0 spiro atoms. The predicted octanol–water partition coefficient (Wildman–Crippen LogP) is 4.83. The van der Waals surface area contributed by atoms with Crippen LogP contribution in [0.25, 0.3) is 44.5 Å². The predicted molar refractivity (Wildman–Crippen MR) is 202 cm³/mol. The minimum Gasteiger partial charge on any atom is -0.508 e. The van der Waals surface area contributed by atoms with E-state index in [1.807, 2.05) is 0 Å². The van der Waals surface area contributed by atoms with Crippen molar-refractivity contribution in [2.24, 2.45) is 14.1 Å². The quantitative estimate of drug-likeness (QED) is 0.184. The summed E-state index contributed by atoms with van der Waals surface area (Å²) in [7, 11) is -1.43. The van der Waals surface area contributed by atoms with Crippen LogP contribution >= 0.6 is 0 Å². The standard InChI is InChI=1S/C38H42FN7O8S/c1-21(47)20-53-29-17-23(16-27(29)41-36(49)54-38(2,3)4)45-33-28(44(6)37(45)50)18-40-35-31(33)30(22-12-14-24(48)15-13-22)32(26-19-43(5)42-34(26)39)46(35)55(51,52)25-10-8-7-9-11-25/h7-15,18-19,21,23,27,29,47-48H,16-17,20H2,1-6H3,(H,41,49)/t21?,23-,27-,29-/m0/s1. The van der Waals surface area contributed by atoms with Crippen molar-refractivity contribution < 1.29 is 37.3 Å². The van der Waals surface area contributed by atoms with Crippen LogP contribution in [0.3, 0.4) is 0 Å². The van der Waals surface area contributed by atoms with E-state index < -0.39 is 57.6 Å². The van der Waals surface area contributed by atoms with Crippen LogP contribution in [0, 0.1) is 5.95 Å². The Hall–Kier alpha value is -5.52. The number of alkyl carbamates (subject to hydrolysis) is 1. The number of carbonyl (C=O) groups is 1. The minimum absolute atomic E-state index is 0.0340. The average Bonchev–Trinajstić information content (AvgIpc) is 3.84. The lowest BCUT2D eigenvalue weighted by molar-refractivity contribution is -0.0141. The molecule has 7 rings (SSSR count). The smallest absolute Gasteiger partial charge is 0.407 e. The molecule has 0 saturated heterocycles. The summed E-state index contributed by atoms with van der Waals surface area (Å²) in [5.74, 6) is -1.00. The van der Waals surface area contributed by atoms with Gasteiger partial charge in [0.25, 0.3) is 10.0 Å². The first-order valence-corrected chi connectivity index (χ1v) is 19.1. The Kier molecular flexibility index (Phi) is 9.59. The minimum atomic E-state index is -4.51. The zero-order valence-electron chi connectivity index (χ0n) is 31.1. The van der Waals surface area contributed by atoms with Gasteiger partial charge >= 0.3 is 11.8 Å². The van der Waals surface area contributed by atoms with Crippen molar-refractivity contribution in [3.8, 4) is 28.1 Å². The fourth-order valence-electron chi connectivity index (χ4n) is 7.33. The van der Waals surface area contributed by atoms with Gasteiger partial charge in [-0.2, -0.15) is 4.39 Å². The Morgan fingerprint density at radius 2 is 1.78 bits per heavy atom. The number of benzene rings is 2. The number of nitrogens with one attached hydrogen (secondary N) is 1. The highest BCUT2D eigenvalue weighted by Gasteiger charge is 2.41. The summed E-state index contributed by atoms with van der Waals surface area (Å²) in [5.41, 5.74) is -0.266. The molecular weight excluding hydrogens is 734 g/mol. The van der Waals surface area contributed by atoms with Crippen LogP contribution in [-0.2, 0) is 33.6 Å². The van der Waals surface area contributed by atoms with Gasteiger partial charge in [-0.05, 0) is 70.4 Å². The number of halogens is 1. The first-order chi connectivity index (χ1) is 26.0. The SMILES string of the molecule is CC(O)CO[C@H]1C[C@@H](n2c(=O)n(C)c3cnc4c(c(-c5ccc(O)cc5)c(-c5cn(C)nc5F)n4S(=O)(=O)c4ccccc4)c32)C[C@@H]1NC(=O)OC(C)(C)C. The van der Waals surface area contributed by atoms with E-state index in [1.54, 1.807) is 69.6 Å². The molecule has 4 aromatic heterocycles. The van der Waals surface area contributed by atoms with Crippen LogP contribution in [-0.4, -0.2) is 83.1 Å². The third-order valence-electron chi connectivity index (χ3n) is 9.56. The van der Waals surface area contributed by atoms with Gasteiger partial charge < -0.3 is 25.0 Å². The number of hydrogen-bond donors (Lipinski definition) is 3. The summed E-state index contributed by atoms with van der Waals surface area (Å²) in [4.78, 5) is 32.0. The Labute approximate surface area is 315 Å². The molecule has 3 N–H and O–H groups in total. The number of hydrogen-bond acceptors (Lipinski definition) is 10. The zero-order valence-corrected chi connectivity index (χ0v) is 31.9. The van der Waals surface area contributed by atoms with E-state index >= 15 is 4.39 Å². The number of phenols is 1. The largest absolute Gasteiger partial charge is 0.508 e. The number of aliphatic hydroxyl groups is 1. The molecule has 15 nitrogen and oxygen atoms in total. The molecule has 4 atom stereocenters. The van der Waals surface area contributed by atoms with Gasteiger partial charge in [-0.25, -0.2) is 27.0 Å². The first kappa shape index (κ1) is 37.8. The van der Waals surface area contributed by atoms with E-state index in [9.17, 15) is 28.2 Å². The van der Waals surface area contributed by atoms with Crippen molar-refractivity contribution in [2.45, 2.75) is 75.3 Å². The number of rotatable bonds is 9. The highest BCUT2D eigenvalue weighted by molar-refractivity contribution is 7.90. The molecule has 1 unspecified atom stereocenters. The molecule has 55 heavy (non-hydrogen) atoms. The first-order valence-electron chi connectivity index (χ1n) is 17.7. The summed E-state index contributed by atoms with van der Waals surface area (Å²) in [6, 6.07) is 12.4. The fraction of sp³-hybridized carbons (Fsp3) is 0.368. The van der Waals surface area contributed by atoms with Gasteiger partial charge in [-0.1, -0.05) is 30.3 Å². The van der Waals surface area contributed by atoms with E-state index in [0.717, 1.165) is 3.97 Å². The number of aromatic nitrogens is 6. The molecule has 6 aromatic rings.